The van der Waals surface area contributed by atoms with Gasteiger partial charge in [-0.15, -0.1) is 0 Å². The molecule has 4 nitrogen and oxygen atoms in total. The molecule has 0 saturated heterocycles. The van der Waals surface area contributed by atoms with Crippen molar-refractivity contribution < 1.29 is 9.53 Å². The first-order chi connectivity index (χ1) is 8.45. The van der Waals surface area contributed by atoms with E-state index >= 15 is 0 Å². The SMILES string of the molecule is CC(Oc1ccc(Cl)cc1CCN)C(=O)N(C)C. The Labute approximate surface area is 113 Å². The molecule has 1 amide bonds. The Hall–Kier alpha value is -1.26. The maximum Gasteiger partial charge on any atom is 0.262 e. The second-order valence-electron chi connectivity index (χ2n) is 4.28. The molecule has 0 fully saturated rings. The van der Waals surface area contributed by atoms with Gasteiger partial charge in [0, 0.05) is 19.1 Å². The lowest BCUT2D eigenvalue weighted by molar-refractivity contribution is -0.135. The van der Waals surface area contributed by atoms with Crippen LogP contribution in [0.25, 0.3) is 0 Å². The van der Waals surface area contributed by atoms with E-state index in [1.807, 2.05) is 6.07 Å². The fourth-order valence-corrected chi connectivity index (χ4v) is 1.81. The van der Waals surface area contributed by atoms with E-state index in [0.29, 0.717) is 23.7 Å². The average Bonchev–Trinajstić information content (AvgIpc) is 2.31. The second-order valence-corrected chi connectivity index (χ2v) is 4.72. The van der Waals surface area contributed by atoms with Gasteiger partial charge in [-0.1, -0.05) is 11.6 Å². The van der Waals surface area contributed by atoms with Crippen LogP contribution in [0, 0.1) is 0 Å². The minimum atomic E-state index is -0.530. The van der Waals surface area contributed by atoms with Crippen LogP contribution in [0.3, 0.4) is 0 Å². The number of likely N-dealkylation sites (N-methyl/N-ethyl adjacent to an activating group) is 1. The van der Waals surface area contributed by atoms with E-state index < -0.39 is 6.10 Å². The van der Waals surface area contributed by atoms with Crippen molar-refractivity contribution in [3.8, 4) is 5.75 Å². The maximum atomic E-state index is 11.7. The van der Waals surface area contributed by atoms with Gasteiger partial charge in [0.25, 0.3) is 5.91 Å². The molecule has 0 saturated carbocycles. The predicted molar refractivity (Wildman–Crippen MR) is 73.0 cm³/mol. The molecule has 0 radical (unpaired) electrons. The maximum absolute atomic E-state index is 11.7. The average molecular weight is 271 g/mol. The summed E-state index contributed by atoms with van der Waals surface area (Å²) < 4.78 is 5.67. The number of hydrogen-bond donors (Lipinski definition) is 1. The van der Waals surface area contributed by atoms with Crippen molar-refractivity contribution in [2.24, 2.45) is 5.73 Å². The number of rotatable bonds is 5. The number of carbonyl (C=O) groups excluding carboxylic acids is 1. The van der Waals surface area contributed by atoms with Crippen LogP contribution in [0.1, 0.15) is 12.5 Å². The van der Waals surface area contributed by atoms with Gasteiger partial charge < -0.3 is 15.4 Å². The molecule has 1 aromatic rings. The molecule has 100 valence electrons. The highest BCUT2D eigenvalue weighted by Crippen LogP contribution is 2.24. The van der Waals surface area contributed by atoms with Crippen molar-refractivity contribution in [3.63, 3.8) is 0 Å². The highest BCUT2D eigenvalue weighted by molar-refractivity contribution is 6.30. The van der Waals surface area contributed by atoms with Crippen LogP contribution >= 0.6 is 11.6 Å². The van der Waals surface area contributed by atoms with Crippen LogP contribution < -0.4 is 10.5 Å². The van der Waals surface area contributed by atoms with E-state index in [2.05, 4.69) is 0 Å². The standard InChI is InChI=1S/C13H19ClN2O2/c1-9(13(17)16(2)3)18-12-5-4-11(14)8-10(12)6-7-15/h4-5,8-9H,6-7,15H2,1-3H3. The normalized spacial score (nSPS) is 12.1. The molecular weight excluding hydrogens is 252 g/mol. The Morgan fingerprint density at radius 1 is 1.50 bits per heavy atom. The highest BCUT2D eigenvalue weighted by Gasteiger charge is 2.17. The molecule has 0 spiro atoms. The molecule has 1 rings (SSSR count). The van der Waals surface area contributed by atoms with Crippen molar-refractivity contribution >= 4 is 17.5 Å². The van der Waals surface area contributed by atoms with Crippen molar-refractivity contribution in [2.45, 2.75) is 19.4 Å². The van der Waals surface area contributed by atoms with Gasteiger partial charge >= 0.3 is 0 Å². The van der Waals surface area contributed by atoms with E-state index in [9.17, 15) is 4.79 Å². The summed E-state index contributed by atoms with van der Waals surface area (Å²) in [5.41, 5.74) is 6.46. The van der Waals surface area contributed by atoms with Crippen molar-refractivity contribution in [1.29, 1.82) is 0 Å². The van der Waals surface area contributed by atoms with E-state index in [1.165, 1.54) is 4.90 Å². The van der Waals surface area contributed by atoms with Gasteiger partial charge in [0.1, 0.15) is 5.75 Å². The van der Waals surface area contributed by atoms with Gasteiger partial charge in [-0.2, -0.15) is 0 Å². The van der Waals surface area contributed by atoms with Gasteiger partial charge in [0.2, 0.25) is 0 Å². The number of nitrogens with zero attached hydrogens (tertiary/aromatic N) is 1. The molecule has 1 unspecified atom stereocenters. The summed E-state index contributed by atoms with van der Waals surface area (Å²) in [4.78, 5) is 13.2. The Morgan fingerprint density at radius 2 is 2.17 bits per heavy atom. The van der Waals surface area contributed by atoms with Crippen molar-refractivity contribution in [2.75, 3.05) is 20.6 Å². The fourth-order valence-electron chi connectivity index (χ4n) is 1.62. The van der Waals surface area contributed by atoms with E-state index in [-0.39, 0.29) is 5.91 Å². The Kier molecular flexibility index (Phi) is 5.44. The van der Waals surface area contributed by atoms with Gasteiger partial charge in [0.05, 0.1) is 0 Å². The Morgan fingerprint density at radius 3 is 2.72 bits per heavy atom. The molecule has 0 aliphatic carbocycles. The molecule has 18 heavy (non-hydrogen) atoms. The lowest BCUT2D eigenvalue weighted by Gasteiger charge is -2.20. The minimum absolute atomic E-state index is 0.0800. The van der Waals surface area contributed by atoms with Crippen LogP contribution in [0.4, 0.5) is 0 Å². The van der Waals surface area contributed by atoms with Crippen molar-refractivity contribution in [3.05, 3.63) is 28.8 Å². The molecule has 5 heteroatoms. The van der Waals surface area contributed by atoms with E-state index in [0.717, 1.165) is 5.56 Å². The van der Waals surface area contributed by atoms with Crippen LogP contribution in [0.5, 0.6) is 5.75 Å². The van der Waals surface area contributed by atoms with Crippen LogP contribution in [0.2, 0.25) is 5.02 Å². The third-order valence-corrected chi connectivity index (χ3v) is 2.76. The number of amides is 1. The zero-order valence-corrected chi connectivity index (χ0v) is 11.7. The Bertz CT molecular complexity index is 421. The first kappa shape index (κ1) is 14.8. The van der Waals surface area contributed by atoms with Crippen LogP contribution in [0.15, 0.2) is 18.2 Å². The van der Waals surface area contributed by atoms with Crippen molar-refractivity contribution in [1.82, 2.24) is 4.90 Å². The lowest BCUT2D eigenvalue weighted by atomic mass is 10.1. The number of ether oxygens (including phenoxy) is 1. The van der Waals surface area contributed by atoms with Gasteiger partial charge in [-0.3, -0.25) is 4.79 Å². The number of benzene rings is 1. The monoisotopic (exact) mass is 270 g/mol. The molecule has 2 N–H and O–H groups in total. The largest absolute Gasteiger partial charge is 0.481 e. The van der Waals surface area contributed by atoms with Crippen LogP contribution in [-0.4, -0.2) is 37.6 Å². The summed E-state index contributed by atoms with van der Waals surface area (Å²) in [6, 6.07) is 5.33. The number of carbonyl (C=O) groups is 1. The van der Waals surface area contributed by atoms with Gasteiger partial charge in [-0.05, 0) is 43.7 Å². The lowest BCUT2D eigenvalue weighted by Crippen LogP contribution is -2.35. The minimum Gasteiger partial charge on any atom is -0.481 e. The molecule has 0 aliphatic rings. The van der Waals surface area contributed by atoms with E-state index in [4.69, 9.17) is 22.1 Å². The molecule has 0 aromatic heterocycles. The predicted octanol–water partition coefficient (Wildman–Crippen LogP) is 1.70. The first-order valence-electron chi connectivity index (χ1n) is 5.82. The van der Waals surface area contributed by atoms with Gasteiger partial charge in [0.15, 0.2) is 6.10 Å². The van der Waals surface area contributed by atoms with Gasteiger partial charge in [-0.25, -0.2) is 0 Å². The zero-order chi connectivity index (χ0) is 13.7. The topological polar surface area (TPSA) is 55.6 Å². The third kappa shape index (κ3) is 3.89. The summed E-state index contributed by atoms with van der Waals surface area (Å²) in [5.74, 6) is 0.580. The summed E-state index contributed by atoms with van der Waals surface area (Å²) >= 11 is 5.93. The first-order valence-corrected chi connectivity index (χ1v) is 6.19. The molecule has 1 atom stereocenters. The highest BCUT2D eigenvalue weighted by atomic mass is 35.5. The number of nitrogens with two attached hydrogens (primary N) is 1. The van der Waals surface area contributed by atoms with E-state index in [1.54, 1.807) is 33.2 Å². The zero-order valence-electron chi connectivity index (χ0n) is 10.9. The summed E-state index contributed by atoms with van der Waals surface area (Å²) in [5, 5.41) is 0.636. The summed E-state index contributed by atoms with van der Waals surface area (Å²) in [6.07, 6.45) is 0.136. The fraction of sp³-hybridized carbons (Fsp3) is 0.462. The molecule has 0 aliphatic heterocycles. The molecule has 0 bridgehead atoms. The second kappa shape index (κ2) is 6.61. The molecule has 0 heterocycles. The Balaban J connectivity index is 2.86. The smallest absolute Gasteiger partial charge is 0.262 e. The summed E-state index contributed by atoms with van der Waals surface area (Å²) in [6.45, 7) is 2.23. The molecule has 1 aromatic carbocycles. The summed E-state index contributed by atoms with van der Waals surface area (Å²) in [7, 11) is 3.40. The number of hydrogen-bond acceptors (Lipinski definition) is 3. The quantitative estimate of drug-likeness (QED) is 0.886. The number of halogens is 1. The third-order valence-electron chi connectivity index (χ3n) is 2.53. The van der Waals surface area contributed by atoms with Crippen LogP contribution in [-0.2, 0) is 11.2 Å². The molecular formula is C13H19ClN2O2.